The van der Waals surface area contributed by atoms with Crippen LogP contribution < -0.4 is 5.32 Å². The average molecular weight is 408 g/mol. The van der Waals surface area contributed by atoms with Crippen molar-refractivity contribution in [3.05, 3.63) is 65.7 Å². The fraction of sp³-hybridized carbons (Fsp3) is 0.304. The normalized spacial score (nSPS) is 16.8. The van der Waals surface area contributed by atoms with E-state index in [4.69, 9.17) is 4.74 Å². The average Bonchev–Trinajstić information content (AvgIpc) is 3.14. The third-order valence-corrected chi connectivity index (χ3v) is 5.14. The van der Waals surface area contributed by atoms with Crippen LogP contribution in [0.25, 0.3) is 0 Å². The molecule has 1 aliphatic rings. The molecule has 0 saturated carbocycles. The summed E-state index contributed by atoms with van der Waals surface area (Å²) in [5.41, 5.74) is 1.91. The molecule has 1 saturated heterocycles. The predicted molar refractivity (Wildman–Crippen MR) is 111 cm³/mol. The van der Waals surface area contributed by atoms with Gasteiger partial charge in [-0.05, 0) is 31.5 Å². The quantitative estimate of drug-likeness (QED) is 0.562. The molecule has 2 amide bonds. The van der Waals surface area contributed by atoms with E-state index in [0.29, 0.717) is 11.3 Å². The fourth-order valence-electron chi connectivity index (χ4n) is 3.44. The number of likely N-dealkylation sites (tertiary alicyclic amines) is 1. The Labute approximate surface area is 175 Å². The van der Waals surface area contributed by atoms with E-state index in [9.17, 15) is 19.2 Å². The van der Waals surface area contributed by atoms with Crippen LogP contribution >= 0.6 is 0 Å². The lowest BCUT2D eigenvalue weighted by Gasteiger charge is -2.25. The van der Waals surface area contributed by atoms with Crippen molar-refractivity contribution in [2.75, 3.05) is 18.5 Å². The van der Waals surface area contributed by atoms with Crippen LogP contribution in [0.15, 0.2) is 54.6 Å². The summed E-state index contributed by atoms with van der Waals surface area (Å²) < 4.78 is 5.12. The van der Waals surface area contributed by atoms with Crippen LogP contribution in [-0.4, -0.2) is 41.6 Å². The molecular weight excluding hydrogens is 384 g/mol. The molecular formula is C23H24N2O5. The molecule has 3 rings (SSSR count). The van der Waals surface area contributed by atoms with Crippen molar-refractivity contribution < 1.29 is 23.9 Å². The third kappa shape index (κ3) is 5.11. The maximum atomic E-state index is 12.4. The van der Waals surface area contributed by atoms with Crippen LogP contribution in [0.2, 0.25) is 0 Å². The highest BCUT2D eigenvalue weighted by Gasteiger charge is 2.38. The predicted octanol–water partition coefficient (Wildman–Crippen LogP) is 2.98. The van der Waals surface area contributed by atoms with Gasteiger partial charge in [-0.2, -0.15) is 0 Å². The highest BCUT2D eigenvalue weighted by atomic mass is 16.5. The number of ketones is 1. The monoisotopic (exact) mass is 408 g/mol. The van der Waals surface area contributed by atoms with Gasteiger partial charge in [0.15, 0.2) is 12.4 Å². The van der Waals surface area contributed by atoms with Gasteiger partial charge in [0, 0.05) is 24.2 Å². The number of benzene rings is 2. The van der Waals surface area contributed by atoms with Crippen LogP contribution in [0.5, 0.6) is 0 Å². The minimum atomic E-state index is -0.600. The number of ether oxygens (including phenoxy) is 1. The second-order valence-electron chi connectivity index (χ2n) is 7.33. The molecule has 0 aliphatic carbocycles. The maximum absolute atomic E-state index is 12.4. The number of anilines is 1. The Morgan fingerprint density at radius 2 is 1.87 bits per heavy atom. The molecule has 7 heteroatoms. The van der Waals surface area contributed by atoms with Crippen molar-refractivity contribution in [2.24, 2.45) is 5.92 Å². The molecule has 1 N–H and O–H groups in total. The molecule has 1 fully saturated rings. The van der Waals surface area contributed by atoms with E-state index in [-0.39, 0.29) is 30.7 Å². The number of carbonyl (C=O) groups is 4. The maximum Gasteiger partial charge on any atom is 0.311 e. The summed E-state index contributed by atoms with van der Waals surface area (Å²) in [7, 11) is 0. The number of carbonyl (C=O) groups excluding carboxylic acids is 4. The summed E-state index contributed by atoms with van der Waals surface area (Å²) >= 11 is 0. The Bertz CT molecular complexity index is 957. The first-order valence-electron chi connectivity index (χ1n) is 9.77. The molecule has 2 atom stereocenters. The summed E-state index contributed by atoms with van der Waals surface area (Å²) in [6.45, 7) is 3.16. The molecule has 1 aliphatic heterocycles. The standard InChI is InChI=1S/C23H24N2O5/c1-15(17-7-4-3-5-8-17)25-13-19(12-22(25)28)23(29)30-14-21(27)24-20-10-6-9-18(11-20)16(2)26/h3-11,15,19H,12-14H2,1-2H3,(H,24,27)/t15-,19-/m1/s1. The Balaban J connectivity index is 1.51. The lowest BCUT2D eigenvalue weighted by atomic mass is 10.1. The first-order valence-corrected chi connectivity index (χ1v) is 9.77. The van der Waals surface area contributed by atoms with Crippen LogP contribution in [0.4, 0.5) is 5.69 Å². The zero-order valence-corrected chi connectivity index (χ0v) is 17.0. The summed E-state index contributed by atoms with van der Waals surface area (Å²) in [5, 5.41) is 2.59. The highest BCUT2D eigenvalue weighted by Crippen LogP contribution is 2.29. The summed E-state index contributed by atoms with van der Waals surface area (Å²) in [5.74, 6) is -1.91. The molecule has 2 aromatic rings. The van der Waals surface area contributed by atoms with Crippen LogP contribution in [0.1, 0.15) is 42.2 Å². The van der Waals surface area contributed by atoms with Gasteiger partial charge in [0.25, 0.3) is 5.91 Å². The SMILES string of the molecule is CC(=O)c1cccc(NC(=O)COC(=O)[C@@H]2CC(=O)N([C@H](C)c3ccccc3)C2)c1. The number of Topliss-reactive ketones (excluding diaryl/α,β-unsaturated/α-hetero) is 1. The largest absolute Gasteiger partial charge is 0.455 e. The molecule has 0 aromatic heterocycles. The van der Waals surface area contributed by atoms with Gasteiger partial charge in [0.05, 0.1) is 12.0 Å². The Hall–Kier alpha value is -3.48. The van der Waals surface area contributed by atoms with Gasteiger partial charge >= 0.3 is 5.97 Å². The minimum absolute atomic E-state index is 0.0677. The number of amides is 2. The van der Waals surface area contributed by atoms with Gasteiger partial charge in [-0.3, -0.25) is 19.2 Å². The van der Waals surface area contributed by atoms with E-state index < -0.39 is 24.4 Å². The second kappa shape index (κ2) is 9.35. The van der Waals surface area contributed by atoms with Crippen molar-refractivity contribution in [2.45, 2.75) is 26.3 Å². The van der Waals surface area contributed by atoms with Crippen molar-refractivity contribution in [3.8, 4) is 0 Å². The molecule has 2 aromatic carbocycles. The second-order valence-corrected chi connectivity index (χ2v) is 7.33. The van der Waals surface area contributed by atoms with Crippen molar-refractivity contribution in [1.82, 2.24) is 4.90 Å². The van der Waals surface area contributed by atoms with E-state index in [1.54, 1.807) is 29.2 Å². The summed E-state index contributed by atoms with van der Waals surface area (Å²) in [6.07, 6.45) is 0.0677. The van der Waals surface area contributed by atoms with E-state index in [0.717, 1.165) is 5.56 Å². The fourth-order valence-corrected chi connectivity index (χ4v) is 3.44. The third-order valence-electron chi connectivity index (χ3n) is 5.14. The lowest BCUT2D eigenvalue weighted by molar-refractivity contribution is -0.151. The molecule has 156 valence electrons. The van der Waals surface area contributed by atoms with Crippen LogP contribution in [0, 0.1) is 5.92 Å². The molecule has 0 unspecified atom stereocenters. The Morgan fingerprint density at radius 3 is 2.57 bits per heavy atom. The van der Waals surface area contributed by atoms with Gasteiger partial charge in [-0.15, -0.1) is 0 Å². The number of nitrogens with one attached hydrogen (secondary N) is 1. The molecule has 0 radical (unpaired) electrons. The molecule has 1 heterocycles. The van der Waals surface area contributed by atoms with Gasteiger partial charge < -0.3 is 15.0 Å². The van der Waals surface area contributed by atoms with E-state index in [2.05, 4.69) is 5.32 Å². The number of hydrogen-bond donors (Lipinski definition) is 1. The van der Waals surface area contributed by atoms with Gasteiger partial charge in [0.2, 0.25) is 5.91 Å². The minimum Gasteiger partial charge on any atom is -0.455 e. The van der Waals surface area contributed by atoms with Crippen LogP contribution in [0.3, 0.4) is 0 Å². The van der Waals surface area contributed by atoms with Gasteiger partial charge in [-0.25, -0.2) is 0 Å². The molecule has 0 spiro atoms. The number of hydrogen-bond acceptors (Lipinski definition) is 5. The first kappa shape index (κ1) is 21.2. The number of nitrogens with zero attached hydrogens (tertiary/aromatic N) is 1. The summed E-state index contributed by atoms with van der Waals surface area (Å²) in [4.78, 5) is 49.9. The molecule has 0 bridgehead atoms. The molecule has 7 nitrogen and oxygen atoms in total. The highest BCUT2D eigenvalue weighted by molar-refractivity contribution is 5.97. The Morgan fingerprint density at radius 1 is 1.13 bits per heavy atom. The van der Waals surface area contributed by atoms with Crippen molar-refractivity contribution in [1.29, 1.82) is 0 Å². The molecule has 30 heavy (non-hydrogen) atoms. The zero-order chi connectivity index (χ0) is 21.7. The van der Waals surface area contributed by atoms with Crippen molar-refractivity contribution in [3.63, 3.8) is 0 Å². The smallest absolute Gasteiger partial charge is 0.311 e. The first-order chi connectivity index (χ1) is 14.3. The number of rotatable bonds is 7. The van der Waals surface area contributed by atoms with E-state index in [1.807, 2.05) is 37.3 Å². The Kier molecular flexibility index (Phi) is 6.61. The lowest BCUT2D eigenvalue weighted by Crippen LogP contribution is -2.30. The summed E-state index contributed by atoms with van der Waals surface area (Å²) in [6, 6.07) is 16.0. The van der Waals surface area contributed by atoms with E-state index >= 15 is 0 Å². The van der Waals surface area contributed by atoms with Gasteiger partial charge in [-0.1, -0.05) is 42.5 Å². The zero-order valence-electron chi connectivity index (χ0n) is 17.0. The topological polar surface area (TPSA) is 92.8 Å². The van der Waals surface area contributed by atoms with Gasteiger partial charge in [0.1, 0.15) is 0 Å². The van der Waals surface area contributed by atoms with Crippen LogP contribution in [-0.2, 0) is 19.1 Å². The van der Waals surface area contributed by atoms with E-state index in [1.165, 1.54) is 6.92 Å². The number of esters is 1. The van der Waals surface area contributed by atoms with Crippen molar-refractivity contribution >= 4 is 29.3 Å².